The van der Waals surface area contributed by atoms with Crippen LogP contribution in [-0.4, -0.2) is 29.0 Å². The van der Waals surface area contributed by atoms with Crippen LogP contribution in [0, 0.1) is 0 Å². The van der Waals surface area contributed by atoms with E-state index in [9.17, 15) is 4.79 Å². The lowest BCUT2D eigenvalue weighted by atomic mass is 10.1. The number of thiazole rings is 1. The molecule has 1 amide bonds. The molecule has 3 rings (SSSR count). The van der Waals surface area contributed by atoms with Crippen molar-refractivity contribution in [3.63, 3.8) is 0 Å². The van der Waals surface area contributed by atoms with Crippen LogP contribution in [0.4, 0.5) is 5.69 Å². The summed E-state index contributed by atoms with van der Waals surface area (Å²) in [6.07, 6.45) is 5.85. The third-order valence-electron chi connectivity index (χ3n) is 4.59. The van der Waals surface area contributed by atoms with Gasteiger partial charge in [-0.15, -0.1) is 11.3 Å². The molecule has 0 aliphatic rings. The van der Waals surface area contributed by atoms with E-state index in [1.165, 1.54) is 12.8 Å². The van der Waals surface area contributed by atoms with E-state index < -0.39 is 0 Å². The van der Waals surface area contributed by atoms with Gasteiger partial charge in [0.2, 0.25) is 0 Å². The number of benzene rings is 1. The molecule has 1 N–H and O–H groups in total. The van der Waals surface area contributed by atoms with Crippen molar-refractivity contribution in [3.05, 3.63) is 64.7 Å². The number of amides is 1. The van der Waals surface area contributed by atoms with Gasteiger partial charge in [-0.05, 0) is 49.7 Å². The number of nitrogens with one attached hydrogen (secondary N) is 1. The molecule has 6 heteroatoms. The molecule has 0 aliphatic carbocycles. The lowest BCUT2D eigenvalue weighted by Crippen LogP contribution is -2.25. The number of hydrogen-bond acceptors (Lipinski definition) is 5. The minimum atomic E-state index is -0.0798. The first-order valence-electron chi connectivity index (χ1n) is 9.69. The van der Waals surface area contributed by atoms with E-state index in [4.69, 9.17) is 0 Å². The van der Waals surface area contributed by atoms with E-state index in [1.807, 2.05) is 41.8 Å². The number of pyridine rings is 1. The zero-order valence-corrected chi connectivity index (χ0v) is 17.2. The molecule has 0 atom stereocenters. The molecule has 0 unspecified atom stereocenters. The van der Waals surface area contributed by atoms with E-state index in [1.54, 1.807) is 23.7 Å². The molecule has 28 heavy (non-hydrogen) atoms. The van der Waals surface area contributed by atoms with E-state index in [0.717, 1.165) is 35.0 Å². The van der Waals surface area contributed by atoms with Crippen molar-refractivity contribution in [1.29, 1.82) is 0 Å². The van der Waals surface area contributed by atoms with Crippen molar-refractivity contribution in [2.45, 2.75) is 33.2 Å². The van der Waals surface area contributed by atoms with E-state index in [2.05, 4.69) is 34.0 Å². The van der Waals surface area contributed by atoms with Gasteiger partial charge in [0.05, 0.1) is 12.2 Å². The van der Waals surface area contributed by atoms with Gasteiger partial charge in [-0.25, -0.2) is 4.98 Å². The second-order valence-electron chi connectivity index (χ2n) is 6.53. The quantitative estimate of drug-likeness (QED) is 0.568. The number of hydrogen-bond donors (Lipinski definition) is 1. The summed E-state index contributed by atoms with van der Waals surface area (Å²) in [4.78, 5) is 23.4. The first kappa shape index (κ1) is 20.0. The molecule has 0 saturated carbocycles. The van der Waals surface area contributed by atoms with Crippen molar-refractivity contribution in [2.24, 2.45) is 0 Å². The summed E-state index contributed by atoms with van der Waals surface area (Å²) >= 11 is 1.55. The Morgan fingerprint density at radius 3 is 2.54 bits per heavy atom. The zero-order chi connectivity index (χ0) is 19.8. The second-order valence-corrected chi connectivity index (χ2v) is 7.47. The first-order chi connectivity index (χ1) is 13.7. The molecule has 0 fully saturated rings. The van der Waals surface area contributed by atoms with Crippen LogP contribution in [0.3, 0.4) is 0 Å². The molecule has 0 aliphatic heterocycles. The Morgan fingerprint density at radius 1 is 1.11 bits per heavy atom. The lowest BCUT2D eigenvalue weighted by molar-refractivity contribution is 0.0951. The fourth-order valence-corrected chi connectivity index (χ4v) is 3.69. The number of aromatic nitrogens is 2. The second kappa shape index (κ2) is 9.99. The molecule has 3 aromatic rings. The van der Waals surface area contributed by atoms with Crippen LogP contribution in [0.15, 0.2) is 54.2 Å². The first-order valence-corrected chi connectivity index (χ1v) is 10.6. The highest BCUT2D eigenvalue weighted by Crippen LogP contribution is 2.21. The average Bonchev–Trinajstić information content (AvgIpc) is 3.23. The fraction of sp³-hybridized carbons (Fsp3) is 0.318. The summed E-state index contributed by atoms with van der Waals surface area (Å²) in [5.74, 6) is -0.0798. The van der Waals surface area contributed by atoms with Crippen molar-refractivity contribution >= 4 is 22.9 Å². The van der Waals surface area contributed by atoms with Crippen LogP contribution in [0.1, 0.15) is 42.1 Å². The molecule has 2 aromatic heterocycles. The Balaban J connectivity index is 1.57. The summed E-state index contributed by atoms with van der Waals surface area (Å²) < 4.78 is 0. The number of nitrogens with zero attached hydrogens (tertiary/aromatic N) is 3. The summed E-state index contributed by atoms with van der Waals surface area (Å²) in [7, 11) is 0. The standard InChI is InChI=1S/C22H26N4OS/c1-3-5-14-26(4-2)19-8-6-18(7-9-19)22(27)24-15-21-25-20(16-28-21)17-10-12-23-13-11-17/h6-13,16H,3-5,14-15H2,1-2H3,(H,24,27). The van der Waals surface area contributed by atoms with E-state index in [0.29, 0.717) is 12.1 Å². The minimum Gasteiger partial charge on any atom is -0.372 e. The third kappa shape index (κ3) is 5.16. The average molecular weight is 395 g/mol. The van der Waals surface area contributed by atoms with Gasteiger partial charge in [0.1, 0.15) is 5.01 Å². The Labute approximate surface area is 170 Å². The number of rotatable bonds is 9. The molecule has 146 valence electrons. The maximum absolute atomic E-state index is 12.5. The molecule has 5 nitrogen and oxygen atoms in total. The van der Waals surface area contributed by atoms with Crippen molar-refractivity contribution in [3.8, 4) is 11.3 Å². The molecule has 0 radical (unpaired) electrons. The number of anilines is 1. The summed E-state index contributed by atoms with van der Waals surface area (Å²) in [5, 5.41) is 5.84. The van der Waals surface area contributed by atoms with Gasteiger partial charge < -0.3 is 10.2 Å². The number of carbonyl (C=O) groups is 1. The highest BCUT2D eigenvalue weighted by atomic mass is 32.1. The van der Waals surface area contributed by atoms with Gasteiger partial charge in [0.15, 0.2) is 0 Å². The highest BCUT2D eigenvalue weighted by Gasteiger charge is 2.10. The fourth-order valence-electron chi connectivity index (χ4n) is 2.95. The molecular formula is C22H26N4OS. The van der Waals surface area contributed by atoms with Crippen LogP contribution >= 0.6 is 11.3 Å². The molecule has 0 saturated heterocycles. The van der Waals surface area contributed by atoms with E-state index >= 15 is 0 Å². The molecule has 2 heterocycles. The molecular weight excluding hydrogens is 368 g/mol. The molecule has 0 bridgehead atoms. The van der Waals surface area contributed by atoms with Crippen LogP contribution in [0.25, 0.3) is 11.3 Å². The Bertz CT molecular complexity index is 877. The van der Waals surface area contributed by atoms with Gasteiger partial charge in [-0.1, -0.05) is 13.3 Å². The largest absolute Gasteiger partial charge is 0.372 e. The lowest BCUT2D eigenvalue weighted by Gasteiger charge is -2.23. The Hall–Kier alpha value is -2.73. The maximum Gasteiger partial charge on any atom is 0.251 e. The number of carbonyl (C=O) groups excluding carboxylic acids is 1. The molecule has 0 spiro atoms. The van der Waals surface area contributed by atoms with Gasteiger partial charge in [0, 0.05) is 47.7 Å². The Kier molecular flexibility index (Phi) is 7.14. The van der Waals surface area contributed by atoms with Gasteiger partial charge in [-0.2, -0.15) is 0 Å². The van der Waals surface area contributed by atoms with Crippen molar-refractivity contribution in [1.82, 2.24) is 15.3 Å². The predicted octanol–water partition coefficient (Wildman–Crippen LogP) is 4.76. The van der Waals surface area contributed by atoms with Gasteiger partial charge in [-0.3, -0.25) is 9.78 Å². The molecule has 1 aromatic carbocycles. The summed E-state index contributed by atoms with van der Waals surface area (Å²) in [5.41, 5.74) is 3.77. The Morgan fingerprint density at radius 2 is 1.86 bits per heavy atom. The topological polar surface area (TPSA) is 58.1 Å². The normalized spacial score (nSPS) is 10.6. The number of unbranched alkanes of at least 4 members (excludes halogenated alkanes) is 1. The smallest absolute Gasteiger partial charge is 0.251 e. The van der Waals surface area contributed by atoms with Crippen molar-refractivity contribution < 1.29 is 4.79 Å². The SMILES string of the molecule is CCCCN(CC)c1ccc(C(=O)NCc2nc(-c3ccncc3)cs2)cc1. The van der Waals surface area contributed by atoms with Crippen LogP contribution < -0.4 is 10.2 Å². The van der Waals surface area contributed by atoms with Crippen LogP contribution in [0.2, 0.25) is 0 Å². The monoisotopic (exact) mass is 394 g/mol. The summed E-state index contributed by atoms with van der Waals surface area (Å²) in [6, 6.07) is 11.7. The van der Waals surface area contributed by atoms with Crippen LogP contribution in [-0.2, 0) is 6.54 Å². The van der Waals surface area contributed by atoms with Gasteiger partial charge in [0.25, 0.3) is 5.91 Å². The maximum atomic E-state index is 12.5. The van der Waals surface area contributed by atoms with Crippen LogP contribution in [0.5, 0.6) is 0 Å². The third-order valence-corrected chi connectivity index (χ3v) is 5.43. The highest BCUT2D eigenvalue weighted by molar-refractivity contribution is 7.09. The predicted molar refractivity (Wildman–Crippen MR) is 116 cm³/mol. The van der Waals surface area contributed by atoms with Gasteiger partial charge >= 0.3 is 0 Å². The van der Waals surface area contributed by atoms with E-state index in [-0.39, 0.29) is 5.91 Å². The zero-order valence-electron chi connectivity index (χ0n) is 16.4. The summed E-state index contributed by atoms with van der Waals surface area (Å²) in [6.45, 7) is 6.79. The minimum absolute atomic E-state index is 0.0798. The van der Waals surface area contributed by atoms with Crippen molar-refractivity contribution in [2.75, 3.05) is 18.0 Å².